The second-order valence-corrected chi connectivity index (χ2v) is 15.9. The monoisotopic (exact) mass is 788 g/mol. The first-order chi connectivity index (χ1) is 27.7. The van der Waals surface area contributed by atoms with Crippen LogP contribution in [0.2, 0.25) is 0 Å². The number of unbranched alkanes of at least 4 members (excludes halogenated alkanes) is 1. The molecule has 0 saturated heterocycles. The number of para-hydroxylation sites is 1. The first-order valence-electron chi connectivity index (χ1n) is 19.9. The SMILES string of the molecule is Cc1cccc2c1Sc1ccc(-c3ccc(CN)cc3)cc1CNC(CCCN)C(=O)NC(CCCCN)C(=O)N(C)C(Cc1c[nH]c3ccccc13)C(=O)NC2. The number of nitrogens with one attached hydrogen (secondary N) is 4. The van der Waals surface area contributed by atoms with Crippen LogP contribution in [0.4, 0.5) is 0 Å². The highest BCUT2D eigenvalue weighted by Crippen LogP contribution is 2.37. The van der Waals surface area contributed by atoms with Crippen LogP contribution in [-0.4, -0.2) is 65.9 Å². The van der Waals surface area contributed by atoms with E-state index >= 15 is 0 Å². The Hall–Kier alpha value is -4.98. The predicted octanol–water partition coefficient (Wildman–Crippen LogP) is 5.26. The van der Waals surface area contributed by atoms with Crippen molar-refractivity contribution >= 4 is 40.4 Å². The summed E-state index contributed by atoms with van der Waals surface area (Å²) in [5.74, 6) is -0.892. The van der Waals surface area contributed by atoms with Gasteiger partial charge in [0, 0.05) is 60.0 Å². The van der Waals surface area contributed by atoms with Crippen LogP contribution in [0.3, 0.4) is 0 Å². The number of nitrogens with zero attached hydrogens (tertiary/aromatic N) is 1. The number of fused-ring (bicyclic) bond motifs is 3. The van der Waals surface area contributed by atoms with E-state index in [1.54, 1.807) is 18.8 Å². The number of carbonyl (C=O) groups excluding carboxylic acids is 3. The lowest BCUT2D eigenvalue weighted by molar-refractivity contribution is -0.142. The molecule has 57 heavy (non-hydrogen) atoms. The predicted molar refractivity (Wildman–Crippen MR) is 229 cm³/mol. The molecule has 0 saturated carbocycles. The van der Waals surface area contributed by atoms with Gasteiger partial charge in [-0.2, -0.15) is 0 Å². The van der Waals surface area contributed by atoms with Crippen molar-refractivity contribution in [2.45, 2.75) is 93.0 Å². The Morgan fingerprint density at radius 2 is 1.53 bits per heavy atom. The van der Waals surface area contributed by atoms with Gasteiger partial charge in [-0.3, -0.25) is 14.4 Å². The van der Waals surface area contributed by atoms with Gasteiger partial charge in [0.15, 0.2) is 0 Å². The van der Waals surface area contributed by atoms with Gasteiger partial charge in [0.2, 0.25) is 17.7 Å². The summed E-state index contributed by atoms with van der Waals surface area (Å²) in [6.07, 6.45) is 5.00. The summed E-state index contributed by atoms with van der Waals surface area (Å²) in [7, 11) is 1.66. The third kappa shape index (κ3) is 10.3. The van der Waals surface area contributed by atoms with Gasteiger partial charge in [-0.05, 0) is 109 Å². The Labute approximate surface area is 339 Å². The zero-order chi connectivity index (χ0) is 40.3. The maximum atomic E-state index is 14.6. The number of benzene rings is 4. The molecule has 5 aromatic rings. The van der Waals surface area contributed by atoms with Crippen molar-refractivity contribution < 1.29 is 14.4 Å². The summed E-state index contributed by atoms with van der Waals surface area (Å²) >= 11 is 1.65. The molecule has 1 aromatic heterocycles. The van der Waals surface area contributed by atoms with Crippen LogP contribution in [0.1, 0.15) is 59.9 Å². The number of H-pyrrole nitrogens is 1. The van der Waals surface area contributed by atoms with Gasteiger partial charge >= 0.3 is 0 Å². The summed E-state index contributed by atoms with van der Waals surface area (Å²) in [6.45, 7) is 4.10. The summed E-state index contributed by atoms with van der Waals surface area (Å²) in [5.41, 5.74) is 25.8. The van der Waals surface area contributed by atoms with E-state index in [1.165, 1.54) is 4.90 Å². The fraction of sp³-hybridized carbons (Fsp3) is 0.356. The minimum absolute atomic E-state index is 0.270. The number of hydrogen-bond donors (Lipinski definition) is 7. The van der Waals surface area contributed by atoms with E-state index in [2.05, 4.69) is 64.3 Å². The number of amides is 3. The summed E-state index contributed by atoms with van der Waals surface area (Å²) in [6, 6.07) is 26.3. The van der Waals surface area contributed by atoms with Crippen LogP contribution in [0.5, 0.6) is 0 Å². The van der Waals surface area contributed by atoms with E-state index in [4.69, 9.17) is 17.2 Å². The van der Waals surface area contributed by atoms with Crippen LogP contribution in [0.15, 0.2) is 101 Å². The zero-order valence-electron chi connectivity index (χ0n) is 33.0. The largest absolute Gasteiger partial charge is 0.361 e. The van der Waals surface area contributed by atoms with Gasteiger partial charge in [0.1, 0.15) is 12.1 Å². The molecule has 4 aromatic carbocycles. The van der Waals surface area contributed by atoms with Crippen LogP contribution < -0.4 is 33.2 Å². The third-order valence-corrected chi connectivity index (χ3v) is 12.3. The number of nitrogens with two attached hydrogens (primary N) is 3. The fourth-order valence-corrected chi connectivity index (χ4v) is 8.57. The highest BCUT2D eigenvalue weighted by Gasteiger charge is 2.34. The normalized spacial score (nSPS) is 18.4. The van der Waals surface area contributed by atoms with E-state index in [0.717, 1.165) is 59.6 Å². The third-order valence-electron chi connectivity index (χ3n) is 10.9. The quantitative estimate of drug-likeness (QED) is 0.0884. The van der Waals surface area contributed by atoms with E-state index in [0.29, 0.717) is 58.3 Å². The van der Waals surface area contributed by atoms with Crippen molar-refractivity contribution in [3.05, 3.63) is 119 Å². The topological polar surface area (TPSA) is 184 Å². The van der Waals surface area contributed by atoms with Gasteiger partial charge in [0.25, 0.3) is 0 Å². The van der Waals surface area contributed by atoms with Crippen LogP contribution in [0, 0.1) is 6.92 Å². The number of aromatic nitrogens is 1. The van der Waals surface area contributed by atoms with Crippen molar-refractivity contribution in [2.24, 2.45) is 17.2 Å². The molecule has 300 valence electrons. The second-order valence-electron chi connectivity index (χ2n) is 14.8. The molecular formula is C45H56N8O3S. The molecule has 0 fully saturated rings. The van der Waals surface area contributed by atoms with Crippen LogP contribution >= 0.6 is 11.8 Å². The van der Waals surface area contributed by atoms with Crippen LogP contribution in [0.25, 0.3) is 22.0 Å². The molecule has 6 rings (SSSR count). The van der Waals surface area contributed by atoms with Gasteiger partial charge in [-0.15, -0.1) is 0 Å². The number of hydrogen-bond acceptors (Lipinski definition) is 8. The maximum absolute atomic E-state index is 14.6. The Morgan fingerprint density at radius 1 is 0.772 bits per heavy atom. The smallest absolute Gasteiger partial charge is 0.245 e. The maximum Gasteiger partial charge on any atom is 0.245 e. The van der Waals surface area contributed by atoms with E-state index in [9.17, 15) is 14.4 Å². The average Bonchev–Trinajstić information content (AvgIpc) is 3.64. The number of likely N-dealkylation sites (N-methyl/N-ethyl adjacent to an activating group) is 1. The van der Waals surface area contributed by atoms with Gasteiger partial charge < -0.3 is 43.0 Å². The van der Waals surface area contributed by atoms with E-state index in [1.807, 2.05) is 54.7 Å². The molecule has 0 radical (unpaired) electrons. The van der Waals surface area contributed by atoms with Gasteiger partial charge in [0.05, 0.1) is 6.04 Å². The molecule has 3 atom stereocenters. The molecule has 0 bridgehead atoms. The minimum atomic E-state index is -0.862. The number of aryl methyl sites for hydroxylation is 1. The molecule has 1 aliphatic rings. The Kier molecular flexibility index (Phi) is 14.6. The number of carbonyl (C=O) groups is 3. The Morgan fingerprint density at radius 3 is 2.30 bits per heavy atom. The number of aromatic amines is 1. The molecule has 0 spiro atoms. The Bertz CT molecular complexity index is 2150. The van der Waals surface area contributed by atoms with Crippen molar-refractivity contribution in [3.63, 3.8) is 0 Å². The first kappa shape index (κ1) is 41.6. The van der Waals surface area contributed by atoms with Gasteiger partial charge in [-0.1, -0.05) is 78.5 Å². The molecule has 3 amide bonds. The zero-order valence-corrected chi connectivity index (χ0v) is 33.8. The molecule has 0 aliphatic carbocycles. The first-order valence-corrected chi connectivity index (χ1v) is 20.7. The fourth-order valence-electron chi connectivity index (χ4n) is 7.46. The average molecular weight is 789 g/mol. The second kappa shape index (κ2) is 19.9. The highest BCUT2D eigenvalue weighted by atomic mass is 32.2. The summed E-state index contributed by atoms with van der Waals surface area (Å²) in [5, 5.41) is 10.8. The lowest BCUT2D eigenvalue weighted by Gasteiger charge is -2.32. The highest BCUT2D eigenvalue weighted by molar-refractivity contribution is 7.99. The molecule has 1 aliphatic heterocycles. The van der Waals surface area contributed by atoms with Crippen molar-refractivity contribution in [2.75, 3.05) is 20.1 Å². The van der Waals surface area contributed by atoms with E-state index < -0.39 is 18.1 Å². The summed E-state index contributed by atoms with van der Waals surface area (Å²) in [4.78, 5) is 50.2. The molecule has 10 N–H and O–H groups in total. The molecule has 12 heteroatoms. The minimum Gasteiger partial charge on any atom is -0.361 e. The Balaban J connectivity index is 1.42. The lowest BCUT2D eigenvalue weighted by atomic mass is 10.0. The lowest BCUT2D eigenvalue weighted by Crippen LogP contribution is -2.57. The molecular weight excluding hydrogens is 733 g/mol. The van der Waals surface area contributed by atoms with Gasteiger partial charge in [-0.25, -0.2) is 0 Å². The molecule has 3 unspecified atom stereocenters. The summed E-state index contributed by atoms with van der Waals surface area (Å²) < 4.78 is 0. The van der Waals surface area contributed by atoms with Crippen LogP contribution in [-0.2, 0) is 40.4 Å². The van der Waals surface area contributed by atoms with E-state index in [-0.39, 0.29) is 30.7 Å². The number of rotatable bonds is 11. The standard InChI is InChI=1S/C45H56N8O3S/c1-29-9-7-10-33-26-51-44(55)40(24-34-27-49-37-12-4-3-11-36(34)37)53(2)45(56)39(13-5-6-21-46)52-43(54)38(14-8-22-47)50-28-35-23-32(19-20-41(35)57-42(29)33)31-17-15-30(25-48)16-18-31/h3-4,7,9-12,15-20,23,27,38-40,49-50H,5-6,8,13-14,21-22,24-26,28,46-48H2,1-2H3,(H,51,55)(H,52,54). The van der Waals surface area contributed by atoms with Crippen molar-refractivity contribution in [1.29, 1.82) is 0 Å². The van der Waals surface area contributed by atoms with Crippen molar-refractivity contribution in [1.82, 2.24) is 25.8 Å². The van der Waals surface area contributed by atoms with Crippen molar-refractivity contribution in [3.8, 4) is 11.1 Å². The molecule has 11 nitrogen and oxygen atoms in total. The molecule has 2 heterocycles.